The molecule has 0 fully saturated rings. The monoisotopic (exact) mass is 264 g/mol. The Morgan fingerprint density at radius 3 is 3.11 bits per heavy atom. The Hall–Kier alpha value is -0.940. The van der Waals surface area contributed by atoms with Gasteiger partial charge >= 0.3 is 0 Å². The van der Waals surface area contributed by atoms with E-state index in [0.29, 0.717) is 6.61 Å². The lowest BCUT2D eigenvalue weighted by atomic mass is 9.94. The summed E-state index contributed by atoms with van der Waals surface area (Å²) in [5.41, 5.74) is 5.52. The van der Waals surface area contributed by atoms with E-state index < -0.39 is 0 Å². The van der Waals surface area contributed by atoms with Crippen molar-refractivity contribution in [3.05, 3.63) is 35.4 Å². The molecule has 4 nitrogen and oxygen atoms in total. The van der Waals surface area contributed by atoms with Gasteiger partial charge in [-0.05, 0) is 30.4 Å². The van der Waals surface area contributed by atoms with Gasteiger partial charge in [0.15, 0.2) is 0 Å². The normalized spacial score (nSPS) is 20.0. The van der Waals surface area contributed by atoms with Crippen LogP contribution >= 0.6 is 0 Å². The Morgan fingerprint density at radius 2 is 2.32 bits per heavy atom. The largest absolute Gasteiger partial charge is 0.380 e. The first kappa shape index (κ1) is 14.5. The molecule has 1 aromatic rings. The van der Waals surface area contributed by atoms with Crippen LogP contribution in [-0.4, -0.2) is 25.9 Å². The highest BCUT2D eigenvalue weighted by Gasteiger charge is 2.23. The predicted octanol–water partition coefficient (Wildman–Crippen LogP) is 1.95. The van der Waals surface area contributed by atoms with Crippen LogP contribution < -0.4 is 11.3 Å². The lowest BCUT2D eigenvalue weighted by molar-refractivity contribution is 0.0170. The summed E-state index contributed by atoms with van der Waals surface area (Å²) in [6.45, 7) is 4.30. The van der Waals surface area contributed by atoms with E-state index >= 15 is 0 Å². The van der Waals surface area contributed by atoms with Crippen molar-refractivity contribution in [2.24, 2.45) is 5.84 Å². The van der Waals surface area contributed by atoms with E-state index in [1.807, 2.05) is 0 Å². The van der Waals surface area contributed by atoms with Crippen molar-refractivity contribution in [1.82, 2.24) is 5.43 Å². The molecule has 3 N–H and O–H groups in total. The molecule has 0 bridgehead atoms. The zero-order chi connectivity index (χ0) is 13.5. The van der Waals surface area contributed by atoms with E-state index in [2.05, 4.69) is 36.6 Å². The lowest BCUT2D eigenvalue weighted by Crippen LogP contribution is -2.40. The molecule has 1 aromatic carbocycles. The highest BCUT2D eigenvalue weighted by molar-refractivity contribution is 5.31. The quantitative estimate of drug-likeness (QED) is 0.449. The molecular formula is C15H24N2O2. The van der Waals surface area contributed by atoms with Crippen LogP contribution in [0.25, 0.3) is 0 Å². The van der Waals surface area contributed by atoms with Gasteiger partial charge in [-0.2, -0.15) is 0 Å². The summed E-state index contributed by atoms with van der Waals surface area (Å²) >= 11 is 0. The number of nitrogens with two attached hydrogens (primary N) is 1. The number of ether oxygens (including phenoxy) is 2. The van der Waals surface area contributed by atoms with Gasteiger partial charge in [0.05, 0.1) is 19.3 Å². The van der Waals surface area contributed by atoms with Gasteiger partial charge in [-0.25, -0.2) is 0 Å². The number of hydrazine groups is 1. The molecule has 1 heterocycles. The van der Waals surface area contributed by atoms with Gasteiger partial charge in [0.1, 0.15) is 0 Å². The summed E-state index contributed by atoms with van der Waals surface area (Å²) in [6, 6.07) is 8.62. The number of benzene rings is 1. The van der Waals surface area contributed by atoms with E-state index in [1.165, 1.54) is 11.1 Å². The molecule has 2 atom stereocenters. The minimum absolute atomic E-state index is 0.122. The van der Waals surface area contributed by atoms with Crippen molar-refractivity contribution in [3.8, 4) is 0 Å². The van der Waals surface area contributed by atoms with Crippen LogP contribution in [0.2, 0.25) is 0 Å². The van der Waals surface area contributed by atoms with Crippen LogP contribution in [0.1, 0.15) is 37.0 Å². The first-order valence-electron chi connectivity index (χ1n) is 7.08. The second-order valence-electron chi connectivity index (χ2n) is 4.98. The van der Waals surface area contributed by atoms with Crippen molar-refractivity contribution in [2.45, 2.75) is 38.3 Å². The molecule has 1 aliphatic heterocycles. The standard InChI is InChI=1S/C15H24N2O2/c1-2-8-18-11-13(17-16)10-15-14-6-4-3-5-12(14)7-9-19-15/h3-6,13,15,17H,2,7-11,16H2,1H3. The summed E-state index contributed by atoms with van der Waals surface area (Å²) in [7, 11) is 0. The number of rotatable bonds is 7. The van der Waals surface area contributed by atoms with Crippen molar-refractivity contribution < 1.29 is 9.47 Å². The third kappa shape index (κ3) is 4.01. The fraction of sp³-hybridized carbons (Fsp3) is 0.600. The van der Waals surface area contributed by atoms with Crippen molar-refractivity contribution >= 4 is 0 Å². The van der Waals surface area contributed by atoms with Crippen molar-refractivity contribution in [1.29, 1.82) is 0 Å². The van der Waals surface area contributed by atoms with E-state index in [1.54, 1.807) is 0 Å². The topological polar surface area (TPSA) is 56.5 Å². The first-order valence-corrected chi connectivity index (χ1v) is 7.08. The van der Waals surface area contributed by atoms with Gasteiger partial charge in [0.2, 0.25) is 0 Å². The Morgan fingerprint density at radius 1 is 1.47 bits per heavy atom. The molecule has 4 heteroatoms. The Bertz CT molecular complexity index is 384. The fourth-order valence-corrected chi connectivity index (χ4v) is 2.48. The van der Waals surface area contributed by atoms with Gasteiger partial charge in [-0.1, -0.05) is 31.2 Å². The van der Waals surface area contributed by atoms with Gasteiger partial charge in [-0.3, -0.25) is 11.3 Å². The molecule has 1 aliphatic rings. The summed E-state index contributed by atoms with van der Waals surface area (Å²) in [5.74, 6) is 5.61. The summed E-state index contributed by atoms with van der Waals surface area (Å²) in [6.07, 6.45) is 2.99. The maximum atomic E-state index is 5.89. The second-order valence-corrected chi connectivity index (χ2v) is 4.98. The first-order chi connectivity index (χ1) is 9.35. The SMILES string of the molecule is CCCOCC(CC1OCCc2ccccc21)NN. The minimum Gasteiger partial charge on any atom is -0.380 e. The molecular weight excluding hydrogens is 240 g/mol. The Labute approximate surface area is 115 Å². The van der Waals surface area contributed by atoms with Crippen LogP contribution in [0.5, 0.6) is 0 Å². The van der Waals surface area contributed by atoms with Crippen LogP contribution in [0.3, 0.4) is 0 Å². The van der Waals surface area contributed by atoms with Gasteiger partial charge in [-0.15, -0.1) is 0 Å². The van der Waals surface area contributed by atoms with Crippen LogP contribution in [0.15, 0.2) is 24.3 Å². The number of fused-ring (bicyclic) bond motifs is 1. The van der Waals surface area contributed by atoms with Gasteiger partial charge in [0.25, 0.3) is 0 Å². The van der Waals surface area contributed by atoms with E-state index in [-0.39, 0.29) is 12.1 Å². The van der Waals surface area contributed by atoms with Gasteiger partial charge < -0.3 is 9.47 Å². The average molecular weight is 264 g/mol. The van der Waals surface area contributed by atoms with E-state index in [9.17, 15) is 0 Å². The van der Waals surface area contributed by atoms with Crippen LogP contribution in [0.4, 0.5) is 0 Å². The predicted molar refractivity (Wildman–Crippen MR) is 75.7 cm³/mol. The van der Waals surface area contributed by atoms with Crippen LogP contribution in [0, 0.1) is 0 Å². The molecule has 0 amide bonds. The fourth-order valence-electron chi connectivity index (χ4n) is 2.48. The summed E-state index contributed by atoms with van der Waals surface area (Å²) in [4.78, 5) is 0. The average Bonchev–Trinajstić information content (AvgIpc) is 2.46. The molecule has 2 unspecified atom stereocenters. The Kier molecular flexibility index (Phi) is 5.79. The van der Waals surface area contributed by atoms with Crippen LogP contribution in [-0.2, 0) is 15.9 Å². The summed E-state index contributed by atoms with van der Waals surface area (Å²) in [5, 5.41) is 0. The van der Waals surface area contributed by atoms with Gasteiger partial charge in [0, 0.05) is 12.6 Å². The lowest BCUT2D eigenvalue weighted by Gasteiger charge is -2.29. The zero-order valence-corrected chi connectivity index (χ0v) is 11.6. The maximum absolute atomic E-state index is 5.89. The van der Waals surface area contributed by atoms with Crippen molar-refractivity contribution in [3.63, 3.8) is 0 Å². The molecule has 2 rings (SSSR count). The maximum Gasteiger partial charge on any atom is 0.0844 e. The van der Waals surface area contributed by atoms with E-state index in [0.717, 1.165) is 32.5 Å². The molecule has 0 spiro atoms. The molecule has 0 aliphatic carbocycles. The minimum atomic E-state index is 0.122. The third-order valence-electron chi connectivity index (χ3n) is 3.49. The van der Waals surface area contributed by atoms with E-state index in [4.69, 9.17) is 15.3 Å². The molecule has 0 saturated heterocycles. The smallest absolute Gasteiger partial charge is 0.0844 e. The number of nitrogens with one attached hydrogen (secondary N) is 1. The molecule has 0 saturated carbocycles. The highest BCUT2D eigenvalue weighted by Crippen LogP contribution is 2.30. The number of hydrogen-bond donors (Lipinski definition) is 2. The third-order valence-corrected chi connectivity index (χ3v) is 3.49. The highest BCUT2D eigenvalue weighted by atomic mass is 16.5. The second kappa shape index (κ2) is 7.60. The molecule has 0 radical (unpaired) electrons. The molecule has 0 aromatic heterocycles. The van der Waals surface area contributed by atoms with Crippen molar-refractivity contribution in [2.75, 3.05) is 19.8 Å². The molecule has 106 valence electrons. The Balaban J connectivity index is 1.94. The number of hydrogen-bond acceptors (Lipinski definition) is 4. The summed E-state index contributed by atoms with van der Waals surface area (Å²) < 4.78 is 11.5. The zero-order valence-electron chi connectivity index (χ0n) is 11.6. The molecule has 19 heavy (non-hydrogen) atoms.